The predicted octanol–water partition coefficient (Wildman–Crippen LogP) is 2.64. The lowest BCUT2D eigenvalue weighted by molar-refractivity contribution is 0.195. The molecule has 2 aromatic rings. The van der Waals surface area contributed by atoms with Crippen molar-refractivity contribution in [1.29, 1.82) is 0 Å². The number of hydrogen-bond donors (Lipinski definition) is 2. The van der Waals surface area contributed by atoms with Crippen LogP contribution in [0.4, 0.5) is 5.69 Å². The van der Waals surface area contributed by atoms with Crippen molar-refractivity contribution in [2.24, 2.45) is 0 Å². The van der Waals surface area contributed by atoms with Gasteiger partial charge in [0.05, 0.1) is 16.7 Å². The quantitative estimate of drug-likeness (QED) is 0.882. The summed E-state index contributed by atoms with van der Waals surface area (Å²) < 4.78 is 27.4. The Morgan fingerprint density at radius 1 is 1.42 bits per heavy atom. The van der Waals surface area contributed by atoms with E-state index in [1.165, 1.54) is 0 Å². The van der Waals surface area contributed by atoms with Crippen molar-refractivity contribution in [3.8, 4) is 0 Å². The minimum atomic E-state index is -3.47. The molecule has 4 nitrogen and oxygen atoms in total. The van der Waals surface area contributed by atoms with Gasteiger partial charge in [0.15, 0.2) is 0 Å². The molecular weight excluding hydrogens is 330 g/mol. The van der Waals surface area contributed by atoms with Gasteiger partial charge >= 0.3 is 0 Å². The molecule has 0 radical (unpaired) electrons. The van der Waals surface area contributed by atoms with Crippen LogP contribution in [0.3, 0.4) is 0 Å². The molecule has 0 spiro atoms. The van der Waals surface area contributed by atoms with E-state index in [1.54, 1.807) is 19.1 Å². The van der Waals surface area contributed by atoms with E-state index in [4.69, 9.17) is 0 Å². The maximum Gasteiger partial charge on any atom is 0.262 e. The SMILES string of the molecule is CC(O)Cc1cc2cccc3c2c(c1Br)NS3(=O)=O. The number of anilines is 1. The van der Waals surface area contributed by atoms with Gasteiger partial charge in [0.2, 0.25) is 0 Å². The van der Waals surface area contributed by atoms with Crippen LogP contribution in [0.2, 0.25) is 0 Å². The lowest BCUT2D eigenvalue weighted by Crippen LogP contribution is -2.08. The van der Waals surface area contributed by atoms with E-state index in [-0.39, 0.29) is 0 Å². The van der Waals surface area contributed by atoms with Crippen molar-refractivity contribution in [3.63, 3.8) is 0 Å². The number of halogens is 1. The van der Waals surface area contributed by atoms with E-state index in [0.717, 1.165) is 10.9 Å². The average Bonchev–Trinajstić information content (AvgIpc) is 2.59. The van der Waals surface area contributed by atoms with Gasteiger partial charge in [0, 0.05) is 9.86 Å². The van der Waals surface area contributed by atoms with E-state index in [0.29, 0.717) is 26.9 Å². The number of hydrogen-bond acceptors (Lipinski definition) is 3. The zero-order valence-electron chi connectivity index (χ0n) is 10.1. The van der Waals surface area contributed by atoms with E-state index >= 15 is 0 Å². The molecule has 6 heteroatoms. The highest BCUT2D eigenvalue weighted by Crippen LogP contribution is 2.43. The monoisotopic (exact) mass is 341 g/mol. The van der Waals surface area contributed by atoms with E-state index in [2.05, 4.69) is 20.7 Å². The summed E-state index contributed by atoms with van der Waals surface area (Å²) in [5.41, 5.74) is 1.46. The minimum absolute atomic E-state index is 0.310. The van der Waals surface area contributed by atoms with Crippen LogP contribution in [0.25, 0.3) is 10.8 Å². The number of benzene rings is 2. The lowest BCUT2D eigenvalue weighted by atomic mass is 10.0. The summed E-state index contributed by atoms with van der Waals surface area (Å²) >= 11 is 3.44. The summed E-state index contributed by atoms with van der Waals surface area (Å²) in [5.74, 6) is 0. The molecule has 1 aliphatic rings. The summed E-state index contributed by atoms with van der Waals surface area (Å²) in [6.07, 6.45) is -0.0164. The van der Waals surface area contributed by atoms with Gasteiger partial charge in [-0.3, -0.25) is 4.72 Å². The standard InChI is InChI=1S/C13H12BrNO3S/c1-7(16)5-9-6-8-3-2-4-10-11(8)13(12(9)14)15-19(10,17)18/h2-4,6-7,15-16H,5H2,1H3. The van der Waals surface area contributed by atoms with Crippen LogP contribution in [-0.2, 0) is 16.4 Å². The summed E-state index contributed by atoms with van der Waals surface area (Å²) in [6.45, 7) is 1.70. The highest BCUT2D eigenvalue weighted by Gasteiger charge is 2.29. The van der Waals surface area contributed by atoms with Crippen LogP contribution in [0.15, 0.2) is 33.6 Å². The number of sulfonamides is 1. The number of rotatable bonds is 2. The summed E-state index contributed by atoms with van der Waals surface area (Å²) in [5, 5.41) is 11.1. The molecule has 2 N–H and O–H groups in total. The number of aliphatic hydroxyl groups excluding tert-OH is 1. The Morgan fingerprint density at radius 2 is 2.16 bits per heavy atom. The van der Waals surface area contributed by atoms with Crippen LogP contribution in [0, 0.1) is 0 Å². The normalized spacial score (nSPS) is 17.4. The Hall–Kier alpha value is -1.11. The predicted molar refractivity (Wildman–Crippen MR) is 77.8 cm³/mol. The fraction of sp³-hybridized carbons (Fsp3) is 0.231. The third-order valence-corrected chi connectivity index (χ3v) is 5.48. The lowest BCUT2D eigenvalue weighted by Gasteiger charge is -2.11. The second-order valence-electron chi connectivity index (χ2n) is 4.74. The van der Waals surface area contributed by atoms with Gasteiger partial charge in [-0.05, 0) is 52.4 Å². The molecule has 19 heavy (non-hydrogen) atoms. The first-order chi connectivity index (χ1) is 8.90. The van der Waals surface area contributed by atoms with Crippen molar-refractivity contribution in [3.05, 3.63) is 34.3 Å². The number of aliphatic hydroxyl groups is 1. The van der Waals surface area contributed by atoms with Crippen LogP contribution in [-0.4, -0.2) is 19.6 Å². The molecule has 1 heterocycles. The molecule has 0 bridgehead atoms. The highest BCUT2D eigenvalue weighted by molar-refractivity contribution is 9.10. The molecule has 3 rings (SSSR count). The summed E-state index contributed by atoms with van der Waals surface area (Å²) in [6, 6.07) is 7.12. The molecular formula is C13H12BrNO3S. The molecule has 1 aliphatic heterocycles. The number of nitrogens with one attached hydrogen (secondary N) is 1. The van der Waals surface area contributed by atoms with Crippen molar-refractivity contribution in [1.82, 2.24) is 0 Å². The van der Waals surface area contributed by atoms with Crippen LogP contribution in [0.5, 0.6) is 0 Å². The van der Waals surface area contributed by atoms with Gasteiger partial charge in [-0.1, -0.05) is 12.1 Å². The third-order valence-electron chi connectivity index (χ3n) is 3.18. The van der Waals surface area contributed by atoms with Crippen molar-refractivity contribution >= 4 is 42.4 Å². The van der Waals surface area contributed by atoms with Crippen molar-refractivity contribution < 1.29 is 13.5 Å². The van der Waals surface area contributed by atoms with E-state index < -0.39 is 16.1 Å². The Balaban J connectivity index is 2.36. The molecule has 0 amide bonds. The Bertz CT molecular complexity index is 784. The van der Waals surface area contributed by atoms with E-state index in [9.17, 15) is 13.5 Å². The average molecular weight is 342 g/mol. The molecule has 0 saturated heterocycles. The zero-order chi connectivity index (χ0) is 13.8. The third kappa shape index (κ3) is 1.94. The second-order valence-corrected chi connectivity index (χ2v) is 7.18. The molecule has 100 valence electrons. The van der Waals surface area contributed by atoms with Crippen LogP contribution in [0.1, 0.15) is 12.5 Å². The van der Waals surface area contributed by atoms with Gasteiger partial charge in [0.1, 0.15) is 0 Å². The molecule has 0 fully saturated rings. The van der Waals surface area contributed by atoms with Crippen LogP contribution >= 0.6 is 15.9 Å². The van der Waals surface area contributed by atoms with Crippen LogP contribution < -0.4 is 4.72 Å². The van der Waals surface area contributed by atoms with Gasteiger partial charge < -0.3 is 5.11 Å². The molecule has 1 unspecified atom stereocenters. The first-order valence-electron chi connectivity index (χ1n) is 5.85. The molecule has 0 aliphatic carbocycles. The summed E-state index contributed by atoms with van der Waals surface area (Å²) in [4.78, 5) is 0.310. The maximum atomic E-state index is 12.0. The summed E-state index contributed by atoms with van der Waals surface area (Å²) in [7, 11) is -3.47. The van der Waals surface area contributed by atoms with Gasteiger partial charge in [0.25, 0.3) is 10.0 Å². The highest BCUT2D eigenvalue weighted by atomic mass is 79.9. The zero-order valence-corrected chi connectivity index (χ0v) is 12.5. The fourth-order valence-corrected chi connectivity index (χ4v) is 4.47. The molecule has 1 atom stereocenters. The van der Waals surface area contributed by atoms with Gasteiger partial charge in [-0.15, -0.1) is 0 Å². The van der Waals surface area contributed by atoms with E-state index in [1.807, 2.05) is 12.1 Å². The van der Waals surface area contributed by atoms with Crippen molar-refractivity contribution in [2.45, 2.75) is 24.3 Å². The molecule has 0 saturated carbocycles. The largest absolute Gasteiger partial charge is 0.393 e. The maximum absolute atomic E-state index is 12.0. The Kier molecular flexibility index (Phi) is 2.85. The Morgan fingerprint density at radius 3 is 2.84 bits per heavy atom. The Labute approximate surface area is 119 Å². The first kappa shape index (κ1) is 12.9. The molecule has 0 aromatic heterocycles. The first-order valence-corrected chi connectivity index (χ1v) is 8.13. The fourth-order valence-electron chi connectivity index (χ4n) is 2.43. The second kappa shape index (κ2) is 4.19. The topological polar surface area (TPSA) is 66.4 Å². The van der Waals surface area contributed by atoms with Gasteiger partial charge in [-0.25, -0.2) is 8.42 Å². The molecule has 2 aromatic carbocycles. The van der Waals surface area contributed by atoms with Gasteiger partial charge in [-0.2, -0.15) is 0 Å². The van der Waals surface area contributed by atoms with Crippen molar-refractivity contribution in [2.75, 3.05) is 4.72 Å². The smallest absolute Gasteiger partial charge is 0.262 e. The minimum Gasteiger partial charge on any atom is -0.393 e.